The lowest BCUT2D eigenvalue weighted by molar-refractivity contribution is 0.655. The summed E-state index contributed by atoms with van der Waals surface area (Å²) < 4.78 is 0. The Labute approximate surface area is 84.1 Å². The Kier molecular flexibility index (Phi) is 4.83. The largest absolute Gasteiger partial charge is 0.330 e. The SMILES string of the molecule is NCCCNCc1cccc(Cl)c1. The van der Waals surface area contributed by atoms with Crippen LogP contribution in [0.3, 0.4) is 0 Å². The highest BCUT2D eigenvalue weighted by Gasteiger charge is 1.92. The van der Waals surface area contributed by atoms with Crippen LogP contribution in [0.5, 0.6) is 0 Å². The van der Waals surface area contributed by atoms with Gasteiger partial charge < -0.3 is 11.1 Å². The van der Waals surface area contributed by atoms with Gasteiger partial charge in [0.15, 0.2) is 0 Å². The first-order valence-corrected chi connectivity index (χ1v) is 4.86. The molecule has 0 heterocycles. The molecule has 0 aliphatic heterocycles. The van der Waals surface area contributed by atoms with E-state index < -0.39 is 0 Å². The van der Waals surface area contributed by atoms with E-state index in [-0.39, 0.29) is 0 Å². The summed E-state index contributed by atoms with van der Waals surface area (Å²) in [5.41, 5.74) is 6.58. The third-order valence-electron chi connectivity index (χ3n) is 1.78. The van der Waals surface area contributed by atoms with E-state index in [1.807, 2.05) is 18.2 Å². The van der Waals surface area contributed by atoms with E-state index in [0.717, 1.165) is 31.1 Å². The van der Waals surface area contributed by atoms with Crippen molar-refractivity contribution in [2.75, 3.05) is 13.1 Å². The van der Waals surface area contributed by atoms with Crippen LogP contribution in [-0.2, 0) is 6.54 Å². The fourth-order valence-corrected chi connectivity index (χ4v) is 1.32. The molecule has 0 unspecified atom stereocenters. The highest BCUT2D eigenvalue weighted by atomic mass is 35.5. The van der Waals surface area contributed by atoms with Crippen molar-refractivity contribution in [2.45, 2.75) is 13.0 Å². The van der Waals surface area contributed by atoms with Crippen LogP contribution in [0.2, 0.25) is 5.02 Å². The Bertz CT molecular complexity index is 250. The normalized spacial score (nSPS) is 10.3. The molecule has 0 bridgehead atoms. The summed E-state index contributed by atoms with van der Waals surface area (Å²) in [4.78, 5) is 0. The maximum absolute atomic E-state index is 5.84. The quantitative estimate of drug-likeness (QED) is 0.708. The minimum absolute atomic E-state index is 0.739. The zero-order chi connectivity index (χ0) is 9.52. The van der Waals surface area contributed by atoms with Crippen LogP contribution in [-0.4, -0.2) is 13.1 Å². The Hall–Kier alpha value is -0.570. The molecular weight excluding hydrogens is 184 g/mol. The average Bonchev–Trinajstić information content (AvgIpc) is 2.13. The maximum atomic E-state index is 5.84. The number of benzene rings is 1. The molecule has 1 rings (SSSR count). The molecule has 1 aromatic rings. The van der Waals surface area contributed by atoms with Gasteiger partial charge >= 0.3 is 0 Å². The number of hydrogen-bond acceptors (Lipinski definition) is 2. The van der Waals surface area contributed by atoms with E-state index >= 15 is 0 Å². The van der Waals surface area contributed by atoms with Gasteiger partial charge in [0.1, 0.15) is 0 Å². The van der Waals surface area contributed by atoms with E-state index in [1.165, 1.54) is 5.56 Å². The third kappa shape index (κ3) is 4.27. The zero-order valence-electron chi connectivity index (χ0n) is 7.59. The van der Waals surface area contributed by atoms with Crippen molar-refractivity contribution in [3.8, 4) is 0 Å². The fraction of sp³-hybridized carbons (Fsp3) is 0.400. The van der Waals surface area contributed by atoms with Crippen molar-refractivity contribution in [1.29, 1.82) is 0 Å². The van der Waals surface area contributed by atoms with Crippen molar-refractivity contribution in [1.82, 2.24) is 5.32 Å². The van der Waals surface area contributed by atoms with Crippen molar-refractivity contribution in [3.05, 3.63) is 34.9 Å². The van der Waals surface area contributed by atoms with Crippen molar-refractivity contribution in [3.63, 3.8) is 0 Å². The van der Waals surface area contributed by atoms with Crippen LogP contribution in [0.4, 0.5) is 0 Å². The summed E-state index contributed by atoms with van der Waals surface area (Å²) in [6, 6.07) is 7.87. The van der Waals surface area contributed by atoms with Crippen molar-refractivity contribution in [2.24, 2.45) is 5.73 Å². The average molecular weight is 199 g/mol. The second-order valence-corrected chi connectivity index (χ2v) is 3.39. The third-order valence-corrected chi connectivity index (χ3v) is 2.01. The Balaban J connectivity index is 2.28. The van der Waals surface area contributed by atoms with Crippen LogP contribution in [0.15, 0.2) is 24.3 Å². The summed E-state index contributed by atoms with van der Waals surface area (Å²) in [6.45, 7) is 2.56. The molecule has 0 radical (unpaired) electrons. The molecule has 3 heteroatoms. The Morgan fingerprint density at radius 1 is 1.38 bits per heavy atom. The first kappa shape index (κ1) is 10.5. The lowest BCUT2D eigenvalue weighted by Gasteiger charge is -2.03. The van der Waals surface area contributed by atoms with E-state index in [2.05, 4.69) is 11.4 Å². The minimum Gasteiger partial charge on any atom is -0.330 e. The van der Waals surface area contributed by atoms with Crippen LogP contribution < -0.4 is 11.1 Å². The molecule has 0 aliphatic carbocycles. The van der Waals surface area contributed by atoms with Crippen LogP contribution >= 0.6 is 11.6 Å². The molecule has 0 fully saturated rings. The molecule has 0 spiro atoms. The van der Waals surface area contributed by atoms with Gasteiger partial charge in [0.25, 0.3) is 0 Å². The molecule has 13 heavy (non-hydrogen) atoms. The van der Waals surface area contributed by atoms with Crippen molar-refractivity contribution >= 4 is 11.6 Å². The zero-order valence-corrected chi connectivity index (χ0v) is 8.35. The minimum atomic E-state index is 0.739. The highest BCUT2D eigenvalue weighted by Crippen LogP contribution is 2.09. The molecule has 0 amide bonds. The van der Waals surface area contributed by atoms with Gasteiger partial charge in [-0.05, 0) is 37.2 Å². The van der Waals surface area contributed by atoms with Gasteiger partial charge in [0.05, 0.1) is 0 Å². The Morgan fingerprint density at radius 2 is 2.23 bits per heavy atom. The van der Waals surface area contributed by atoms with Gasteiger partial charge in [-0.15, -0.1) is 0 Å². The van der Waals surface area contributed by atoms with Gasteiger partial charge in [-0.1, -0.05) is 23.7 Å². The summed E-state index contributed by atoms with van der Waals surface area (Å²) in [5, 5.41) is 4.08. The molecular formula is C10H15ClN2. The standard InChI is InChI=1S/C10H15ClN2/c11-10-4-1-3-9(7-10)8-13-6-2-5-12/h1,3-4,7,13H,2,5-6,8,12H2. The lowest BCUT2D eigenvalue weighted by atomic mass is 10.2. The highest BCUT2D eigenvalue weighted by molar-refractivity contribution is 6.30. The van der Waals surface area contributed by atoms with Crippen molar-refractivity contribution < 1.29 is 0 Å². The molecule has 0 atom stereocenters. The molecule has 0 saturated heterocycles. The van der Waals surface area contributed by atoms with E-state index in [0.29, 0.717) is 0 Å². The van der Waals surface area contributed by atoms with Crippen LogP contribution in [0.1, 0.15) is 12.0 Å². The van der Waals surface area contributed by atoms with E-state index in [9.17, 15) is 0 Å². The number of hydrogen-bond donors (Lipinski definition) is 2. The van der Waals surface area contributed by atoms with E-state index in [4.69, 9.17) is 17.3 Å². The maximum Gasteiger partial charge on any atom is 0.0409 e. The smallest absolute Gasteiger partial charge is 0.0409 e. The van der Waals surface area contributed by atoms with Gasteiger partial charge in [-0.2, -0.15) is 0 Å². The number of rotatable bonds is 5. The van der Waals surface area contributed by atoms with Gasteiger partial charge in [-0.25, -0.2) is 0 Å². The first-order valence-electron chi connectivity index (χ1n) is 4.48. The topological polar surface area (TPSA) is 38.0 Å². The first-order chi connectivity index (χ1) is 6.33. The van der Waals surface area contributed by atoms with Crippen LogP contribution in [0.25, 0.3) is 0 Å². The van der Waals surface area contributed by atoms with E-state index in [1.54, 1.807) is 0 Å². The van der Waals surface area contributed by atoms with Gasteiger partial charge in [0, 0.05) is 11.6 Å². The molecule has 1 aromatic carbocycles. The lowest BCUT2D eigenvalue weighted by Crippen LogP contribution is -2.17. The number of halogens is 1. The number of nitrogens with one attached hydrogen (secondary N) is 1. The van der Waals surface area contributed by atoms with Gasteiger partial charge in [-0.3, -0.25) is 0 Å². The predicted molar refractivity (Wildman–Crippen MR) is 56.8 cm³/mol. The molecule has 0 aliphatic rings. The number of nitrogens with two attached hydrogens (primary N) is 1. The molecule has 0 saturated carbocycles. The molecule has 0 aromatic heterocycles. The summed E-state index contributed by atoms with van der Waals surface area (Å²) in [5.74, 6) is 0. The summed E-state index contributed by atoms with van der Waals surface area (Å²) in [7, 11) is 0. The second-order valence-electron chi connectivity index (χ2n) is 2.95. The second kappa shape index (κ2) is 5.97. The Morgan fingerprint density at radius 3 is 2.92 bits per heavy atom. The predicted octanol–water partition coefficient (Wildman–Crippen LogP) is 1.78. The fourth-order valence-electron chi connectivity index (χ4n) is 1.11. The summed E-state index contributed by atoms with van der Waals surface area (Å²) in [6.07, 6.45) is 1.01. The summed E-state index contributed by atoms with van der Waals surface area (Å²) >= 11 is 5.84. The monoisotopic (exact) mass is 198 g/mol. The van der Waals surface area contributed by atoms with Gasteiger partial charge in [0.2, 0.25) is 0 Å². The molecule has 2 nitrogen and oxygen atoms in total. The van der Waals surface area contributed by atoms with Crippen LogP contribution in [0, 0.1) is 0 Å². The molecule has 72 valence electrons. The molecule has 3 N–H and O–H groups in total.